The lowest BCUT2D eigenvalue weighted by Crippen LogP contribution is -1.96. The largest absolute Gasteiger partial charge is 0.309 e. The number of fused-ring (bicyclic) bond motifs is 9. The van der Waals surface area contributed by atoms with Crippen LogP contribution in [-0.2, 0) is 0 Å². The van der Waals surface area contributed by atoms with Gasteiger partial charge in [0, 0.05) is 47.4 Å². The van der Waals surface area contributed by atoms with Gasteiger partial charge in [-0.25, -0.2) is 0 Å². The first-order valence-electron chi connectivity index (χ1n) is 19.5. The van der Waals surface area contributed by atoms with Crippen LogP contribution in [0.25, 0.3) is 109 Å². The summed E-state index contributed by atoms with van der Waals surface area (Å²) < 4.78 is 7.52. The highest BCUT2D eigenvalue weighted by Gasteiger charge is 2.21. The first kappa shape index (κ1) is 32.1. The van der Waals surface area contributed by atoms with Crippen LogP contribution >= 0.6 is 11.3 Å². The Morgan fingerprint density at radius 1 is 0.298 bits per heavy atom. The number of para-hydroxylation sites is 3. The van der Waals surface area contributed by atoms with Crippen molar-refractivity contribution in [3.8, 4) is 44.8 Å². The Bertz CT molecular complexity index is 3490. The molecule has 12 aromatic rings. The Hall–Kier alpha value is -7.20. The highest BCUT2D eigenvalue weighted by Crippen LogP contribution is 2.46. The third-order valence-electron chi connectivity index (χ3n) is 11.7. The van der Waals surface area contributed by atoms with Gasteiger partial charge in [0.05, 0.1) is 27.8 Å². The molecule has 2 nitrogen and oxygen atoms in total. The average Bonchev–Trinajstić information content (AvgIpc) is 3.94. The van der Waals surface area contributed by atoms with Gasteiger partial charge in [-0.1, -0.05) is 146 Å². The molecule has 0 atom stereocenters. The predicted molar refractivity (Wildman–Crippen MR) is 244 cm³/mol. The van der Waals surface area contributed by atoms with Gasteiger partial charge >= 0.3 is 0 Å². The predicted octanol–water partition coefficient (Wildman–Crippen LogP) is 15.2. The van der Waals surface area contributed by atoms with E-state index in [1.807, 2.05) is 11.3 Å². The number of nitrogens with zero attached hydrogens (tertiary/aromatic N) is 2. The van der Waals surface area contributed by atoms with Crippen LogP contribution in [0, 0.1) is 0 Å². The van der Waals surface area contributed by atoms with Gasteiger partial charge in [0.15, 0.2) is 0 Å². The number of thiophene rings is 1. The molecule has 266 valence electrons. The molecule has 3 aromatic heterocycles. The topological polar surface area (TPSA) is 9.86 Å². The SMILES string of the molecule is c1ccc(-c2cccc(-c3ccc(-c4cccc5sc6cccc(-n7c8ccccc8c8cc9c%10ccccc%10n(-c%10ccccc%10)c9cc87)c6c45)cc3)c2)cc1. The maximum absolute atomic E-state index is 2.52. The lowest BCUT2D eigenvalue weighted by atomic mass is 9.95. The van der Waals surface area contributed by atoms with E-state index in [-0.39, 0.29) is 0 Å². The van der Waals surface area contributed by atoms with E-state index >= 15 is 0 Å². The zero-order chi connectivity index (χ0) is 37.5. The number of hydrogen-bond donors (Lipinski definition) is 0. The van der Waals surface area contributed by atoms with E-state index in [0.717, 1.165) is 5.69 Å². The Labute approximate surface area is 333 Å². The Morgan fingerprint density at radius 2 is 0.825 bits per heavy atom. The molecule has 0 spiro atoms. The fraction of sp³-hybridized carbons (Fsp3) is 0. The summed E-state index contributed by atoms with van der Waals surface area (Å²) in [6, 6.07) is 75.6. The first-order valence-corrected chi connectivity index (χ1v) is 20.3. The van der Waals surface area contributed by atoms with Crippen molar-refractivity contribution < 1.29 is 0 Å². The first-order chi connectivity index (χ1) is 28.3. The van der Waals surface area contributed by atoms with Crippen LogP contribution in [0.1, 0.15) is 0 Å². The molecule has 0 aliphatic heterocycles. The summed E-state index contributed by atoms with van der Waals surface area (Å²) in [7, 11) is 0. The minimum atomic E-state index is 1.16. The van der Waals surface area contributed by atoms with E-state index in [0.29, 0.717) is 0 Å². The van der Waals surface area contributed by atoms with E-state index in [4.69, 9.17) is 0 Å². The van der Waals surface area contributed by atoms with Crippen molar-refractivity contribution in [2.45, 2.75) is 0 Å². The average molecular weight is 743 g/mol. The van der Waals surface area contributed by atoms with Gasteiger partial charge in [-0.15, -0.1) is 11.3 Å². The molecule has 0 saturated heterocycles. The van der Waals surface area contributed by atoms with Crippen LogP contribution < -0.4 is 0 Å². The highest BCUT2D eigenvalue weighted by atomic mass is 32.1. The summed E-state index contributed by atoms with van der Waals surface area (Å²) in [5, 5.41) is 7.64. The van der Waals surface area contributed by atoms with Gasteiger partial charge in [0.25, 0.3) is 0 Å². The van der Waals surface area contributed by atoms with Crippen molar-refractivity contribution in [3.63, 3.8) is 0 Å². The lowest BCUT2D eigenvalue weighted by Gasteiger charge is -2.13. The zero-order valence-electron chi connectivity index (χ0n) is 30.9. The minimum absolute atomic E-state index is 1.16. The second-order valence-electron chi connectivity index (χ2n) is 14.9. The van der Waals surface area contributed by atoms with E-state index in [9.17, 15) is 0 Å². The van der Waals surface area contributed by atoms with E-state index in [1.54, 1.807) is 0 Å². The maximum Gasteiger partial charge on any atom is 0.0562 e. The number of hydrogen-bond acceptors (Lipinski definition) is 1. The van der Waals surface area contributed by atoms with Gasteiger partial charge in [-0.05, 0) is 94.0 Å². The number of benzene rings is 9. The smallest absolute Gasteiger partial charge is 0.0562 e. The molecule has 0 saturated carbocycles. The fourth-order valence-electron chi connectivity index (χ4n) is 9.17. The summed E-state index contributed by atoms with van der Waals surface area (Å²) in [6.45, 7) is 0. The van der Waals surface area contributed by atoms with Crippen molar-refractivity contribution in [2.24, 2.45) is 0 Å². The monoisotopic (exact) mass is 742 g/mol. The normalized spacial score (nSPS) is 11.9. The molecule has 0 N–H and O–H groups in total. The molecule has 0 amide bonds. The fourth-order valence-corrected chi connectivity index (χ4v) is 10.3. The quantitative estimate of drug-likeness (QED) is 0.166. The molecule has 12 rings (SSSR count). The zero-order valence-corrected chi connectivity index (χ0v) is 31.7. The van der Waals surface area contributed by atoms with Crippen LogP contribution in [0.4, 0.5) is 0 Å². The summed E-state index contributed by atoms with van der Waals surface area (Å²) in [5.41, 5.74) is 14.6. The molecule has 0 aliphatic carbocycles. The third kappa shape index (κ3) is 4.96. The Kier molecular flexibility index (Phi) is 7.13. The minimum Gasteiger partial charge on any atom is -0.309 e. The van der Waals surface area contributed by atoms with Crippen molar-refractivity contribution in [3.05, 3.63) is 206 Å². The van der Waals surface area contributed by atoms with Gasteiger partial charge < -0.3 is 9.13 Å². The summed E-state index contributed by atoms with van der Waals surface area (Å²) in [4.78, 5) is 0. The van der Waals surface area contributed by atoms with Crippen LogP contribution in [-0.4, -0.2) is 9.13 Å². The van der Waals surface area contributed by atoms with Crippen molar-refractivity contribution in [1.82, 2.24) is 9.13 Å². The molecule has 0 unspecified atom stereocenters. The maximum atomic E-state index is 2.52. The van der Waals surface area contributed by atoms with Crippen LogP contribution in [0.5, 0.6) is 0 Å². The van der Waals surface area contributed by atoms with Crippen LogP contribution in [0.15, 0.2) is 206 Å². The Balaban J connectivity index is 1.08. The van der Waals surface area contributed by atoms with Gasteiger partial charge in [0.1, 0.15) is 0 Å². The number of aromatic nitrogens is 2. The van der Waals surface area contributed by atoms with E-state index in [2.05, 4.69) is 215 Å². The van der Waals surface area contributed by atoms with Crippen molar-refractivity contribution >= 4 is 75.1 Å². The third-order valence-corrected chi connectivity index (χ3v) is 12.8. The molecule has 0 radical (unpaired) electrons. The van der Waals surface area contributed by atoms with Gasteiger partial charge in [-0.2, -0.15) is 0 Å². The van der Waals surface area contributed by atoms with Gasteiger partial charge in [-0.3, -0.25) is 0 Å². The summed E-state index contributed by atoms with van der Waals surface area (Å²) in [6.07, 6.45) is 0. The van der Waals surface area contributed by atoms with Crippen LogP contribution in [0.2, 0.25) is 0 Å². The van der Waals surface area contributed by atoms with Crippen molar-refractivity contribution in [1.29, 1.82) is 0 Å². The molecule has 0 aliphatic rings. The molecular formula is C54H34N2S. The lowest BCUT2D eigenvalue weighted by molar-refractivity contribution is 1.17. The summed E-state index contributed by atoms with van der Waals surface area (Å²) >= 11 is 1.88. The Morgan fingerprint density at radius 3 is 1.54 bits per heavy atom. The molecule has 9 aromatic carbocycles. The molecule has 57 heavy (non-hydrogen) atoms. The second kappa shape index (κ2) is 12.7. The number of rotatable bonds is 5. The second-order valence-corrected chi connectivity index (χ2v) is 16.0. The summed E-state index contributed by atoms with van der Waals surface area (Å²) in [5.74, 6) is 0. The van der Waals surface area contributed by atoms with Crippen molar-refractivity contribution in [2.75, 3.05) is 0 Å². The molecule has 0 bridgehead atoms. The van der Waals surface area contributed by atoms with Crippen LogP contribution in [0.3, 0.4) is 0 Å². The molecule has 3 heterocycles. The molecule has 3 heteroatoms. The van der Waals surface area contributed by atoms with E-state index in [1.165, 1.54) is 103 Å². The highest BCUT2D eigenvalue weighted by molar-refractivity contribution is 7.26. The van der Waals surface area contributed by atoms with Gasteiger partial charge in [0.2, 0.25) is 0 Å². The standard InChI is InChI=1S/C54H34N2S/c1-3-14-35(15-4-1)38-16-11-17-39(32-38)36-28-30-37(31-29-36)41-22-12-26-51-53(41)54-48(25-13-27-52(54)57-51)56-47-24-10-8-21-43(47)45-33-44-42-20-7-9-23-46(42)55(49(44)34-50(45)56)40-18-5-2-6-19-40/h1-34H. The molecular weight excluding hydrogens is 709 g/mol. The van der Waals surface area contributed by atoms with E-state index < -0.39 is 0 Å². The molecule has 0 fully saturated rings.